The van der Waals surface area contributed by atoms with Gasteiger partial charge in [-0.15, -0.1) is 0 Å². The van der Waals surface area contributed by atoms with E-state index in [2.05, 4.69) is 32.8 Å². The first-order chi connectivity index (χ1) is 8.58. The van der Waals surface area contributed by atoms with E-state index in [0.29, 0.717) is 0 Å². The second-order valence-electron chi connectivity index (χ2n) is 4.96. The number of pyridine rings is 1. The predicted octanol–water partition coefficient (Wildman–Crippen LogP) is 2.82. The van der Waals surface area contributed by atoms with Gasteiger partial charge in [0.25, 0.3) is 0 Å². The molecule has 0 saturated heterocycles. The van der Waals surface area contributed by atoms with Gasteiger partial charge < -0.3 is 9.59 Å². The Bertz CT molecular complexity index is 271. The van der Waals surface area contributed by atoms with Crippen LogP contribution in [0.5, 0.6) is 5.88 Å². The Hall–Kier alpha value is -1.09. The summed E-state index contributed by atoms with van der Waals surface area (Å²) in [4.78, 5) is 3.42. The predicted molar refractivity (Wildman–Crippen MR) is 75.3 cm³/mol. The van der Waals surface area contributed by atoms with Crippen molar-refractivity contribution < 1.29 is 9.59 Å². The van der Waals surface area contributed by atoms with Gasteiger partial charge in [-0.2, -0.15) is 0 Å². The average Bonchev–Trinajstić information content (AvgIpc) is 2.31. The third-order valence-electron chi connectivity index (χ3n) is 2.93. The van der Waals surface area contributed by atoms with Crippen molar-refractivity contribution in [2.24, 2.45) is 0 Å². The maximum atomic E-state index is 10.2. The lowest BCUT2D eigenvalue weighted by Gasteiger charge is -2.33. The Morgan fingerprint density at radius 3 is 1.72 bits per heavy atom. The van der Waals surface area contributed by atoms with Crippen LogP contribution >= 0.6 is 0 Å². The lowest BCUT2D eigenvalue weighted by molar-refractivity contribution is -0.909. The van der Waals surface area contributed by atoms with Gasteiger partial charge in [0.1, 0.15) is 0 Å². The van der Waals surface area contributed by atoms with Crippen LogP contribution in [0.2, 0.25) is 0 Å². The van der Waals surface area contributed by atoms with E-state index >= 15 is 0 Å². The normalized spacial score (nSPS) is 10.7. The Kier molecular flexibility index (Phi) is 9.29. The Morgan fingerprint density at radius 2 is 1.50 bits per heavy atom. The minimum atomic E-state index is -0.178. The second-order valence-corrected chi connectivity index (χ2v) is 4.96. The molecule has 0 aromatic carbocycles. The zero-order valence-electron chi connectivity index (χ0n) is 12.4. The van der Waals surface area contributed by atoms with Crippen molar-refractivity contribution >= 4 is 0 Å². The summed E-state index contributed by atoms with van der Waals surface area (Å²) in [6, 6.07) is 4.79. The van der Waals surface area contributed by atoms with Gasteiger partial charge in [-0.3, -0.25) is 4.98 Å². The highest BCUT2D eigenvalue weighted by Gasteiger charge is 2.16. The van der Waals surface area contributed by atoms with Crippen LogP contribution in [0, 0.1) is 0 Å². The number of hydrogen-bond donors (Lipinski definition) is 0. The molecule has 0 fully saturated rings. The molecular weight excluding hydrogens is 224 g/mol. The molecule has 0 amide bonds. The fraction of sp³-hybridized carbons (Fsp3) is 0.667. The van der Waals surface area contributed by atoms with Crippen molar-refractivity contribution in [3.8, 4) is 5.88 Å². The van der Waals surface area contributed by atoms with E-state index in [1.165, 1.54) is 55.6 Å². The molecule has 3 heteroatoms. The number of aromatic nitrogens is 1. The minimum absolute atomic E-state index is 0.178. The van der Waals surface area contributed by atoms with Gasteiger partial charge in [-0.1, -0.05) is 32.9 Å². The highest BCUT2D eigenvalue weighted by Crippen LogP contribution is 2.06. The highest BCUT2D eigenvalue weighted by atomic mass is 16.3. The van der Waals surface area contributed by atoms with Gasteiger partial charge >= 0.3 is 0 Å². The summed E-state index contributed by atoms with van der Waals surface area (Å²) >= 11 is 0. The monoisotopic (exact) mass is 252 g/mol. The average molecular weight is 252 g/mol. The SMILES string of the molecule is CCC[N+](C)(CCC)CCC.[O-]c1ccccn1. The molecule has 1 aromatic rings. The third-order valence-corrected chi connectivity index (χ3v) is 2.93. The molecule has 3 nitrogen and oxygen atoms in total. The second kappa shape index (κ2) is 9.89. The largest absolute Gasteiger partial charge is 0.859 e. The van der Waals surface area contributed by atoms with E-state index in [9.17, 15) is 5.11 Å². The molecule has 104 valence electrons. The fourth-order valence-corrected chi connectivity index (χ4v) is 2.30. The summed E-state index contributed by atoms with van der Waals surface area (Å²) in [6.45, 7) is 10.9. The van der Waals surface area contributed by atoms with E-state index in [1.54, 1.807) is 12.1 Å². The summed E-state index contributed by atoms with van der Waals surface area (Å²) in [5, 5.41) is 10.2. The van der Waals surface area contributed by atoms with E-state index in [-0.39, 0.29) is 5.88 Å². The number of rotatable bonds is 6. The molecule has 0 N–H and O–H groups in total. The summed E-state index contributed by atoms with van der Waals surface area (Å²) in [5.74, 6) is -0.178. The molecule has 0 bridgehead atoms. The molecule has 18 heavy (non-hydrogen) atoms. The first-order valence-electron chi connectivity index (χ1n) is 6.99. The standard InChI is InChI=1S/C10H24N.C5H5NO/c1-5-8-11(4,9-6-2)10-7-3;7-5-3-1-2-4-6-5/h5-10H2,1-4H3;1-4H,(H,6,7)/q+1;/p-1. The smallest absolute Gasteiger partial charge is 0.0781 e. The van der Waals surface area contributed by atoms with E-state index in [1.807, 2.05) is 0 Å². The van der Waals surface area contributed by atoms with Crippen LogP contribution in [-0.4, -0.2) is 36.1 Å². The van der Waals surface area contributed by atoms with Crippen molar-refractivity contribution in [3.05, 3.63) is 24.4 Å². The zero-order chi connectivity index (χ0) is 13.9. The molecule has 0 unspecified atom stereocenters. The first-order valence-corrected chi connectivity index (χ1v) is 6.99. The number of quaternary nitrogens is 1. The maximum absolute atomic E-state index is 10.2. The fourth-order valence-electron chi connectivity index (χ4n) is 2.30. The van der Waals surface area contributed by atoms with Crippen LogP contribution < -0.4 is 5.11 Å². The summed E-state index contributed by atoms with van der Waals surface area (Å²) < 4.78 is 1.28. The van der Waals surface area contributed by atoms with Gasteiger partial charge in [0.05, 0.1) is 26.7 Å². The Labute approximate surface area is 112 Å². The van der Waals surface area contributed by atoms with Crippen LogP contribution in [0.3, 0.4) is 0 Å². The molecule has 0 aliphatic carbocycles. The molecule has 1 heterocycles. The van der Waals surface area contributed by atoms with Gasteiger partial charge in [-0.25, -0.2) is 0 Å². The van der Waals surface area contributed by atoms with Gasteiger partial charge in [-0.05, 0) is 31.2 Å². The molecule has 0 aliphatic heterocycles. The molecule has 1 rings (SSSR count). The van der Waals surface area contributed by atoms with E-state index in [0.717, 1.165) is 0 Å². The molecule has 0 saturated carbocycles. The van der Waals surface area contributed by atoms with Gasteiger partial charge in [0, 0.05) is 6.20 Å². The Morgan fingerprint density at radius 1 is 1.00 bits per heavy atom. The molecule has 0 atom stereocenters. The van der Waals surface area contributed by atoms with Gasteiger partial charge in [0.15, 0.2) is 0 Å². The maximum Gasteiger partial charge on any atom is 0.0781 e. The van der Waals surface area contributed by atoms with Crippen LogP contribution in [0.1, 0.15) is 40.0 Å². The molecule has 0 radical (unpaired) electrons. The summed E-state index contributed by atoms with van der Waals surface area (Å²) in [6.07, 6.45) is 5.42. The highest BCUT2D eigenvalue weighted by molar-refractivity contribution is 5.04. The van der Waals surface area contributed by atoms with Crippen molar-refractivity contribution in [2.45, 2.75) is 40.0 Å². The van der Waals surface area contributed by atoms with Crippen molar-refractivity contribution in [3.63, 3.8) is 0 Å². The first kappa shape index (κ1) is 16.9. The topological polar surface area (TPSA) is 36.0 Å². The van der Waals surface area contributed by atoms with E-state index < -0.39 is 0 Å². The number of hydrogen-bond acceptors (Lipinski definition) is 2. The summed E-state index contributed by atoms with van der Waals surface area (Å²) in [7, 11) is 2.39. The third kappa shape index (κ3) is 8.07. The molecule has 0 aliphatic rings. The van der Waals surface area contributed by atoms with Crippen LogP contribution in [0.15, 0.2) is 24.4 Å². The van der Waals surface area contributed by atoms with Crippen LogP contribution in [-0.2, 0) is 0 Å². The molecule has 1 aromatic heterocycles. The van der Waals surface area contributed by atoms with Crippen molar-refractivity contribution in [2.75, 3.05) is 26.7 Å². The lowest BCUT2D eigenvalue weighted by atomic mass is 10.2. The summed E-state index contributed by atoms with van der Waals surface area (Å²) in [5.41, 5.74) is 0. The van der Waals surface area contributed by atoms with Crippen molar-refractivity contribution in [1.82, 2.24) is 4.98 Å². The van der Waals surface area contributed by atoms with Crippen LogP contribution in [0.25, 0.3) is 0 Å². The van der Waals surface area contributed by atoms with E-state index in [4.69, 9.17) is 0 Å². The van der Waals surface area contributed by atoms with Crippen molar-refractivity contribution in [1.29, 1.82) is 0 Å². The number of nitrogens with zero attached hydrogens (tertiary/aromatic N) is 2. The minimum Gasteiger partial charge on any atom is -0.859 e. The molecule has 0 spiro atoms. The Balaban J connectivity index is 0.000000351. The van der Waals surface area contributed by atoms with Gasteiger partial charge in [0.2, 0.25) is 0 Å². The van der Waals surface area contributed by atoms with Crippen LogP contribution in [0.4, 0.5) is 0 Å². The lowest BCUT2D eigenvalue weighted by Crippen LogP contribution is -2.45. The molecular formula is C15H28N2O. The quantitative estimate of drug-likeness (QED) is 0.730. The zero-order valence-corrected chi connectivity index (χ0v) is 12.4.